The Labute approximate surface area is 171 Å². The fourth-order valence-corrected chi connectivity index (χ4v) is 2.21. The van der Waals surface area contributed by atoms with Crippen molar-refractivity contribution in [3.8, 4) is 11.5 Å². The fraction of sp³-hybridized carbons (Fsp3) is 0.200. The molecule has 2 aromatic rings. The third kappa shape index (κ3) is 7.60. The van der Waals surface area contributed by atoms with Crippen molar-refractivity contribution in [2.24, 2.45) is 5.84 Å². The Kier molecular flexibility index (Phi) is 9.50. The lowest BCUT2D eigenvalue weighted by atomic mass is 10.1. The molecule has 0 aliphatic carbocycles. The van der Waals surface area contributed by atoms with Gasteiger partial charge in [0, 0.05) is 12.8 Å². The van der Waals surface area contributed by atoms with Crippen molar-refractivity contribution >= 4 is 23.8 Å². The lowest BCUT2D eigenvalue weighted by Gasteiger charge is -2.16. The summed E-state index contributed by atoms with van der Waals surface area (Å²) in [5, 5.41) is 35.8. The van der Waals surface area contributed by atoms with Gasteiger partial charge in [0.25, 0.3) is 11.8 Å². The number of para-hydroxylation sites is 2. The Hall–Kier alpha value is -3.92. The smallest absolute Gasteiger partial charge is 0.303 e. The number of amides is 2. The third-order valence-corrected chi connectivity index (χ3v) is 3.74. The zero-order valence-corrected chi connectivity index (χ0v) is 15.9. The molecule has 10 heteroatoms. The number of unbranched alkanes of at least 4 members (excludes halogenated alkanes) is 1. The summed E-state index contributed by atoms with van der Waals surface area (Å²) >= 11 is 0. The van der Waals surface area contributed by atoms with Crippen molar-refractivity contribution < 1.29 is 39.6 Å². The van der Waals surface area contributed by atoms with E-state index in [0.717, 1.165) is 0 Å². The lowest BCUT2D eigenvalue weighted by molar-refractivity contribution is -0.139. The molecule has 30 heavy (non-hydrogen) atoms. The molecule has 2 rings (SSSR count). The topological polar surface area (TPSA) is 178 Å². The highest BCUT2D eigenvalue weighted by molar-refractivity contribution is 6.11. The number of carboxylic acid groups (broad SMARTS) is 2. The normalized spacial score (nSPS) is 9.77. The van der Waals surface area contributed by atoms with Gasteiger partial charge in [0.05, 0.1) is 11.1 Å². The van der Waals surface area contributed by atoms with Crippen LogP contribution in [0.25, 0.3) is 0 Å². The first-order valence-electron chi connectivity index (χ1n) is 8.78. The van der Waals surface area contributed by atoms with Crippen LogP contribution in [0.2, 0.25) is 0 Å². The quantitative estimate of drug-likeness (QED) is 0.148. The standard InChI is InChI=1S/C14H12N2O4.C6H10O4/c15-16(13(19)9-5-1-3-7-11(9)17)14(20)10-6-2-4-8-12(10)18;7-5(8)3-1-2-4-6(9)10/h1-8,17-18H,15H2;1-4H2,(H,7,8)(H,9,10). The Bertz CT molecular complexity index is 840. The van der Waals surface area contributed by atoms with E-state index < -0.39 is 23.8 Å². The number of imide groups is 1. The largest absolute Gasteiger partial charge is 0.507 e. The van der Waals surface area contributed by atoms with Crippen LogP contribution >= 0.6 is 0 Å². The number of hydrogen-bond donors (Lipinski definition) is 5. The molecule has 0 saturated heterocycles. The van der Waals surface area contributed by atoms with E-state index in [4.69, 9.17) is 16.1 Å². The van der Waals surface area contributed by atoms with Gasteiger partial charge >= 0.3 is 11.9 Å². The summed E-state index contributed by atoms with van der Waals surface area (Å²) in [5.74, 6) is 1.45. The summed E-state index contributed by atoms with van der Waals surface area (Å²) in [7, 11) is 0. The average molecular weight is 418 g/mol. The van der Waals surface area contributed by atoms with Gasteiger partial charge in [-0.15, -0.1) is 0 Å². The number of aromatic hydroxyl groups is 2. The van der Waals surface area contributed by atoms with Gasteiger partial charge in [0.15, 0.2) is 0 Å². The molecule has 10 nitrogen and oxygen atoms in total. The molecule has 0 aliphatic rings. The monoisotopic (exact) mass is 418 g/mol. The van der Waals surface area contributed by atoms with Gasteiger partial charge in [-0.05, 0) is 37.1 Å². The maximum absolute atomic E-state index is 12.0. The summed E-state index contributed by atoms with van der Waals surface area (Å²) in [6.45, 7) is 0. The molecule has 0 radical (unpaired) electrons. The lowest BCUT2D eigenvalue weighted by Crippen LogP contribution is -2.42. The minimum atomic E-state index is -0.870. The van der Waals surface area contributed by atoms with E-state index in [1.807, 2.05) is 0 Å². The van der Waals surface area contributed by atoms with E-state index in [2.05, 4.69) is 0 Å². The minimum absolute atomic E-state index is 0.0628. The van der Waals surface area contributed by atoms with Gasteiger partial charge in [-0.2, -0.15) is 0 Å². The molecule has 0 aliphatic heterocycles. The minimum Gasteiger partial charge on any atom is -0.507 e. The highest BCUT2D eigenvalue weighted by atomic mass is 16.4. The van der Waals surface area contributed by atoms with E-state index in [0.29, 0.717) is 17.9 Å². The van der Waals surface area contributed by atoms with E-state index in [1.54, 1.807) is 0 Å². The SMILES string of the molecule is NN(C(=O)c1ccccc1O)C(=O)c1ccccc1O.O=C(O)CCCCC(=O)O. The summed E-state index contributed by atoms with van der Waals surface area (Å²) in [4.78, 5) is 43.9. The zero-order chi connectivity index (χ0) is 22.7. The van der Waals surface area contributed by atoms with Crippen molar-refractivity contribution in [2.45, 2.75) is 25.7 Å². The number of phenolic OH excluding ortho intramolecular Hbond substituents is 2. The van der Waals surface area contributed by atoms with E-state index in [-0.39, 0.29) is 35.5 Å². The van der Waals surface area contributed by atoms with Gasteiger partial charge in [0.1, 0.15) is 11.5 Å². The highest BCUT2D eigenvalue weighted by Crippen LogP contribution is 2.20. The van der Waals surface area contributed by atoms with Gasteiger partial charge in [0.2, 0.25) is 0 Å². The molecule has 0 bridgehead atoms. The molecule has 0 heterocycles. The molecule has 6 N–H and O–H groups in total. The summed E-state index contributed by atoms with van der Waals surface area (Å²) in [5.41, 5.74) is -0.197. The molecule has 2 aromatic carbocycles. The average Bonchev–Trinajstić information content (AvgIpc) is 2.70. The first-order valence-corrected chi connectivity index (χ1v) is 8.78. The fourth-order valence-electron chi connectivity index (χ4n) is 2.21. The second-order valence-electron chi connectivity index (χ2n) is 6.01. The van der Waals surface area contributed by atoms with Crippen LogP contribution in [0.3, 0.4) is 0 Å². The van der Waals surface area contributed by atoms with Gasteiger partial charge in [-0.25, -0.2) is 10.9 Å². The van der Waals surface area contributed by atoms with E-state index in [1.165, 1.54) is 48.5 Å². The van der Waals surface area contributed by atoms with E-state index >= 15 is 0 Å². The maximum atomic E-state index is 12.0. The Morgan fingerprint density at radius 1 is 0.700 bits per heavy atom. The molecule has 0 atom stereocenters. The first-order chi connectivity index (χ1) is 14.1. The Morgan fingerprint density at radius 2 is 1.03 bits per heavy atom. The Morgan fingerprint density at radius 3 is 1.33 bits per heavy atom. The second kappa shape index (κ2) is 11.8. The summed E-state index contributed by atoms with van der Waals surface area (Å²) in [6.07, 6.45) is 1.02. The van der Waals surface area contributed by atoms with Gasteiger partial charge in [-0.1, -0.05) is 24.3 Å². The van der Waals surface area contributed by atoms with Crippen LogP contribution in [0.5, 0.6) is 11.5 Å². The molecular formula is C20H22N2O8. The number of rotatable bonds is 7. The summed E-state index contributed by atoms with van der Waals surface area (Å²) in [6, 6.07) is 11.5. The molecule has 160 valence electrons. The number of carbonyl (C=O) groups excluding carboxylic acids is 2. The van der Waals surface area contributed by atoms with Crippen molar-refractivity contribution in [1.29, 1.82) is 0 Å². The highest BCUT2D eigenvalue weighted by Gasteiger charge is 2.24. The van der Waals surface area contributed by atoms with E-state index in [9.17, 15) is 29.4 Å². The van der Waals surface area contributed by atoms with Crippen LogP contribution in [-0.2, 0) is 9.59 Å². The van der Waals surface area contributed by atoms with Crippen molar-refractivity contribution in [1.82, 2.24) is 5.01 Å². The molecule has 0 saturated carbocycles. The van der Waals surface area contributed by atoms with Crippen LogP contribution < -0.4 is 5.84 Å². The first kappa shape index (κ1) is 24.1. The molecule has 0 unspecified atom stereocenters. The van der Waals surface area contributed by atoms with Gasteiger partial charge < -0.3 is 20.4 Å². The third-order valence-electron chi connectivity index (χ3n) is 3.74. The van der Waals surface area contributed by atoms with Gasteiger partial charge in [-0.3, -0.25) is 19.2 Å². The van der Waals surface area contributed by atoms with Crippen LogP contribution in [-0.4, -0.2) is 49.2 Å². The molecule has 2 amide bonds. The van der Waals surface area contributed by atoms with Crippen molar-refractivity contribution in [2.75, 3.05) is 0 Å². The predicted molar refractivity (Wildman–Crippen MR) is 105 cm³/mol. The van der Waals surface area contributed by atoms with Crippen LogP contribution in [0, 0.1) is 0 Å². The number of phenols is 2. The number of hydrazine groups is 1. The number of hydrogen-bond acceptors (Lipinski definition) is 7. The molecule has 0 spiro atoms. The number of nitrogens with two attached hydrogens (primary N) is 1. The molecule has 0 fully saturated rings. The maximum Gasteiger partial charge on any atom is 0.303 e. The zero-order valence-electron chi connectivity index (χ0n) is 15.9. The van der Waals surface area contributed by atoms with Crippen LogP contribution in [0.15, 0.2) is 48.5 Å². The summed E-state index contributed by atoms with van der Waals surface area (Å²) < 4.78 is 0. The predicted octanol–water partition coefficient (Wildman–Crippen LogP) is 1.97. The number of carboxylic acids is 2. The second-order valence-corrected chi connectivity index (χ2v) is 6.01. The number of nitrogens with zero attached hydrogens (tertiary/aromatic N) is 1. The number of aliphatic carboxylic acids is 2. The van der Waals surface area contributed by atoms with Crippen LogP contribution in [0.1, 0.15) is 46.4 Å². The number of carbonyl (C=O) groups is 4. The number of benzene rings is 2. The van der Waals surface area contributed by atoms with Crippen molar-refractivity contribution in [3.63, 3.8) is 0 Å². The van der Waals surface area contributed by atoms with Crippen LogP contribution in [0.4, 0.5) is 0 Å². The Balaban J connectivity index is 0.000000382. The molecule has 0 aromatic heterocycles. The van der Waals surface area contributed by atoms with Crippen molar-refractivity contribution in [3.05, 3.63) is 59.7 Å². The molecular weight excluding hydrogens is 396 g/mol.